The summed E-state index contributed by atoms with van der Waals surface area (Å²) in [5.41, 5.74) is 1.70. The molecule has 1 aliphatic carbocycles. The van der Waals surface area contributed by atoms with Gasteiger partial charge in [0.25, 0.3) is 5.91 Å². The number of rotatable bonds is 5. The molecule has 0 radical (unpaired) electrons. The minimum Gasteiger partial charge on any atom is -0.451 e. The van der Waals surface area contributed by atoms with Crippen molar-refractivity contribution in [3.63, 3.8) is 0 Å². The lowest BCUT2D eigenvalue weighted by molar-refractivity contribution is -0.144. The fourth-order valence-electron chi connectivity index (χ4n) is 3.21. The smallest absolute Gasteiger partial charge is 0.349 e. The summed E-state index contributed by atoms with van der Waals surface area (Å²) >= 11 is 0. The molecule has 0 saturated heterocycles. The molecule has 0 heterocycles. The molecule has 0 bridgehead atoms. The van der Waals surface area contributed by atoms with Gasteiger partial charge in [0.1, 0.15) is 11.6 Å². The van der Waals surface area contributed by atoms with Gasteiger partial charge in [-0.3, -0.25) is 4.79 Å². The molecule has 1 N–H and O–H groups in total. The van der Waals surface area contributed by atoms with Crippen molar-refractivity contribution in [3.05, 3.63) is 41.0 Å². The molecular weight excluding hydrogens is 328 g/mol. The van der Waals surface area contributed by atoms with Crippen LogP contribution < -0.4 is 5.32 Å². The van der Waals surface area contributed by atoms with Crippen LogP contribution in [0.1, 0.15) is 44.2 Å². The van der Waals surface area contributed by atoms with Gasteiger partial charge in [-0.1, -0.05) is 56.5 Å². The zero-order valence-corrected chi connectivity index (χ0v) is 15.6. The Hall–Kier alpha value is -2.61. The fraction of sp³-hybridized carbons (Fsp3) is 0.476. The Kier molecular flexibility index (Phi) is 6.97. The maximum Gasteiger partial charge on any atom is 0.349 e. The van der Waals surface area contributed by atoms with E-state index in [9.17, 15) is 14.9 Å². The number of hydrogen-bond donors (Lipinski definition) is 1. The van der Waals surface area contributed by atoms with Crippen LogP contribution in [0.3, 0.4) is 0 Å². The zero-order valence-electron chi connectivity index (χ0n) is 15.6. The molecule has 1 aromatic carbocycles. The first-order valence-corrected chi connectivity index (χ1v) is 9.05. The topological polar surface area (TPSA) is 79.2 Å². The Morgan fingerprint density at radius 3 is 2.62 bits per heavy atom. The van der Waals surface area contributed by atoms with Crippen LogP contribution in [0.15, 0.2) is 29.8 Å². The first-order valence-electron chi connectivity index (χ1n) is 9.05. The van der Waals surface area contributed by atoms with Gasteiger partial charge >= 0.3 is 5.97 Å². The molecule has 138 valence electrons. The predicted molar refractivity (Wildman–Crippen MR) is 99.8 cm³/mol. The molecule has 0 spiro atoms. The number of ether oxygens (including phenoxy) is 1. The number of carbonyl (C=O) groups excluding carboxylic acids is 2. The van der Waals surface area contributed by atoms with E-state index < -0.39 is 5.97 Å². The van der Waals surface area contributed by atoms with E-state index >= 15 is 0 Å². The highest BCUT2D eigenvalue weighted by molar-refractivity contribution is 5.98. The largest absolute Gasteiger partial charge is 0.451 e. The van der Waals surface area contributed by atoms with E-state index in [-0.39, 0.29) is 24.1 Å². The van der Waals surface area contributed by atoms with Crippen LogP contribution in [-0.4, -0.2) is 24.5 Å². The second-order valence-electron chi connectivity index (χ2n) is 7.10. The number of hydrogen-bond acceptors (Lipinski definition) is 4. The summed E-state index contributed by atoms with van der Waals surface area (Å²) in [6.45, 7) is 5.92. The van der Waals surface area contributed by atoms with Gasteiger partial charge in [-0.15, -0.1) is 0 Å². The Balaban J connectivity index is 1.89. The first-order chi connectivity index (χ1) is 12.4. The molecule has 1 aromatic rings. The zero-order chi connectivity index (χ0) is 19.1. The van der Waals surface area contributed by atoms with Crippen LogP contribution in [0.25, 0.3) is 6.08 Å². The van der Waals surface area contributed by atoms with Crippen molar-refractivity contribution in [1.82, 2.24) is 5.32 Å². The third kappa shape index (κ3) is 5.45. The maximum atomic E-state index is 12.1. The van der Waals surface area contributed by atoms with Gasteiger partial charge in [0, 0.05) is 6.04 Å². The van der Waals surface area contributed by atoms with E-state index in [0.717, 1.165) is 24.0 Å². The van der Waals surface area contributed by atoms with E-state index in [4.69, 9.17) is 4.74 Å². The van der Waals surface area contributed by atoms with Crippen molar-refractivity contribution in [2.24, 2.45) is 11.8 Å². The molecular formula is C21H26N2O3. The summed E-state index contributed by atoms with van der Waals surface area (Å²) in [6, 6.07) is 9.38. The molecule has 0 aliphatic heterocycles. The summed E-state index contributed by atoms with van der Waals surface area (Å²) in [6.07, 6.45) is 4.68. The predicted octanol–water partition coefficient (Wildman–Crippen LogP) is 3.39. The highest BCUT2D eigenvalue weighted by Crippen LogP contribution is 2.29. The summed E-state index contributed by atoms with van der Waals surface area (Å²) in [5.74, 6) is -0.135. The molecule has 5 nitrogen and oxygen atoms in total. The van der Waals surface area contributed by atoms with Gasteiger partial charge < -0.3 is 10.1 Å². The van der Waals surface area contributed by atoms with E-state index in [1.165, 1.54) is 12.5 Å². The molecule has 1 fully saturated rings. The molecule has 2 rings (SSSR count). The summed E-state index contributed by atoms with van der Waals surface area (Å²) in [7, 11) is 0. The summed E-state index contributed by atoms with van der Waals surface area (Å²) in [5, 5.41) is 12.1. The molecule has 1 aliphatic rings. The average Bonchev–Trinajstić information content (AvgIpc) is 2.63. The number of benzene rings is 1. The van der Waals surface area contributed by atoms with Crippen LogP contribution in [0, 0.1) is 30.1 Å². The second kappa shape index (κ2) is 9.19. The molecule has 26 heavy (non-hydrogen) atoms. The molecule has 1 saturated carbocycles. The van der Waals surface area contributed by atoms with Crippen molar-refractivity contribution in [2.75, 3.05) is 6.61 Å². The Bertz CT molecular complexity index is 716. The van der Waals surface area contributed by atoms with Gasteiger partial charge in [-0.2, -0.15) is 5.26 Å². The van der Waals surface area contributed by atoms with E-state index in [1.807, 2.05) is 37.3 Å². The second-order valence-corrected chi connectivity index (χ2v) is 7.10. The van der Waals surface area contributed by atoms with E-state index in [0.29, 0.717) is 11.8 Å². The van der Waals surface area contributed by atoms with E-state index in [2.05, 4.69) is 19.2 Å². The fourth-order valence-corrected chi connectivity index (χ4v) is 3.21. The van der Waals surface area contributed by atoms with Gasteiger partial charge in [0.2, 0.25) is 0 Å². The highest BCUT2D eigenvalue weighted by Gasteiger charge is 2.28. The minimum atomic E-state index is -0.784. The van der Waals surface area contributed by atoms with E-state index in [1.54, 1.807) is 0 Å². The van der Waals surface area contributed by atoms with Gasteiger partial charge in [0.05, 0.1) is 0 Å². The highest BCUT2D eigenvalue weighted by atomic mass is 16.5. The lowest BCUT2D eigenvalue weighted by Gasteiger charge is -2.34. The number of aryl methyl sites for hydroxylation is 1. The van der Waals surface area contributed by atoms with Crippen LogP contribution in [0.5, 0.6) is 0 Å². The third-order valence-electron chi connectivity index (χ3n) is 5.12. The molecule has 1 amide bonds. The number of nitriles is 1. The normalized spacial score (nSPS) is 23.0. The van der Waals surface area contributed by atoms with Crippen LogP contribution in [0.4, 0.5) is 0 Å². The molecule has 0 aromatic heterocycles. The van der Waals surface area contributed by atoms with Gasteiger partial charge in [-0.25, -0.2) is 4.79 Å². The number of carbonyl (C=O) groups is 2. The number of esters is 1. The Morgan fingerprint density at radius 2 is 1.96 bits per heavy atom. The van der Waals surface area contributed by atoms with Gasteiger partial charge in [-0.05, 0) is 36.8 Å². The number of nitrogens with one attached hydrogen (secondary N) is 1. The lowest BCUT2D eigenvalue weighted by atomic mass is 9.78. The number of nitrogens with zero attached hydrogens (tertiary/aromatic N) is 1. The quantitative estimate of drug-likeness (QED) is 0.499. The Morgan fingerprint density at radius 1 is 1.27 bits per heavy atom. The van der Waals surface area contributed by atoms with Crippen molar-refractivity contribution in [1.29, 1.82) is 5.26 Å². The molecule has 5 heteroatoms. The monoisotopic (exact) mass is 354 g/mol. The number of amides is 1. The van der Waals surface area contributed by atoms with Crippen LogP contribution in [0.2, 0.25) is 0 Å². The third-order valence-corrected chi connectivity index (χ3v) is 5.12. The van der Waals surface area contributed by atoms with Crippen LogP contribution in [-0.2, 0) is 14.3 Å². The molecule has 0 unspecified atom stereocenters. The minimum absolute atomic E-state index is 0.114. The van der Waals surface area contributed by atoms with Crippen molar-refractivity contribution < 1.29 is 14.3 Å². The summed E-state index contributed by atoms with van der Waals surface area (Å²) < 4.78 is 5.01. The SMILES string of the molecule is Cc1ccc(/C=C(\C#N)C(=O)OCC(=O)N[C@H]2CCC[C@@H](C)[C@@H]2C)cc1. The van der Waals surface area contributed by atoms with Gasteiger partial charge in [0.15, 0.2) is 6.61 Å². The summed E-state index contributed by atoms with van der Waals surface area (Å²) in [4.78, 5) is 24.1. The van der Waals surface area contributed by atoms with Crippen molar-refractivity contribution >= 4 is 18.0 Å². The van der Waals surface area contributed by atoms with Crippen molar-refractivity contribution in [2.45, 2.75) is 46.1 Å². The maximum absolute atomic E-state index is 12.1. The average molecular weight is 354 g/mol. The van der Waals surface area contributed by atoms with Crippen molar-refractivity contribution in [3.8, 4) is 6.07 Å². The lowest BCUT2D eigenvalue weighted by Crippen LogP contribution is -2.45. The van der Waals surface area contributed by atoms with Crippen LogP contribution >= 0.6 is 0 Å². The molecule has 3 atom stereocenters. The standard InChI is InChI=1S/C21H26N2O3/c1-14-7-9-17(10-8-14)11-18(12-22)21(25)26-13-20(24)23-19-6-4-5-15(2)16(19)3/h7-11,15-16,19H,4-6,13H2,1-3H3,(H,23,24)/b18-11+/t15-,16+,19+/m1/s1. The Labute approximate surface area is 155 Å². The first kappa shape index (κ1) is 19.7.